The standard InChI is InChI=1S/C15H20ClN5O/c1-19(2)7-8-20(9-13-3-5-14(16)6-4-13)15(22)10-21-12-17-11-18-21/h3-6,11-12H,7-10H2,1-2H3. The van der Waals surface area contributed by atoms with Crippen molar-refractivity contribution >= 4 is 17.5 Å². The third kappa shape index (κ3) is 5.13. The maximum Gasteiger partial charge on any atom is 0.244 e. The van der Waals surface area contributed by atoms with E-state index < -0.39 is 0 Å². The lowest BCUT2D eigenvalue weighted by molar-refractivity contribution is -0.132. The molecule has 0 aliphatic heterocycles. The molecule has 0 saturated heterocycles. The van der Waals surface area contributed by atoms with Crippen LogP contribution in [0.3, 0.4) is 0 Å². The van der Waals surface area contributed by atoms with Crippen LogP contribution in [-0.4, -0.2) is 57.7 Å². The minimum absolute atomic E-state index is 0.0160. The van der Waals surface area contributed by atoms with Crippen molar-refractivity contribution in [3.8, 4) is 0 Å². The van der Waals surface area contributed by atoms with Crippen LogP contribution in [0.1, 0.15) is 5.56 Å². The van der Waals surface area contributed by atoms with Gasteiger partial charge >= 0.3 is 0 Å². The second kappa shape index (κ2) is 7.91. The average molecular weight is 322 g/mol. The molecule has 0 bridgehead atoms. The molecule has 0 fully saturated rings. The van der Waals surface area contributed by atoms with Gasteiger partial charge in [0.05, 0.1) is 0 Å². The molecule has 1 aromatic carbocycles. The van der Waals surface area contributed by atoms with Crippen LogP contribution < -0.4 is 0 Å². The van der Waals surface area contributed by atoms with E-state index in [0.717, 1.165) is 12.1 Å². The zero-order chi connectivity index (χ0) is 15.9. The molecular weight excluding hydrogens is 302 g/mol. The third-order valence-corrected chi connectivity index (χ3v) is 3.47. The molecule has 0 unspecified atom stereocenters. The molecule has 118 valence electrons. The van der Waals surface area contributed by atoms with Gasteiger partial charge in [0.2, 0.25) is 5.91 Å². The fourth-order valence-corrected chi connectivity index (χ4v) is 2.10. The number of hydrogen-bond donors (Lipinski definition) is 0. The van der Waals surface area contributed by atoms with Crippen LogP contribution in [0.15, 0.2) is 36.9 Å². The summed E-state index contributed by atoms with van der Waals surface area (Å²) in [7, 11) is 3.98. The van der Waals surface area contributed by atoms with Crippen molar-refractivity contribution in [1.82, 2.24) is 24.6 Å². The fraction of sp³-hybridized carbons (Fsp3) is 0.400. The summed E-state index contributed by atoms with van der Waals surface area (Å²) in [6.07, 6.45) is 2.97. The summed E-state index contributed by atoms with van der Waals surface area (Å²) in [6.45, 7) is 2.21. The molecule has 0 N–H and O–H groups in total. The van der Waals surface area contributed by atoms with Crippen LogP contribution in [0.2, 0.25) is 5.02 Å². The molecular formula is C15H20ClN5O. The van der Waals surface area contributed by atoms with Gasteiger partial charge in [-0.1, -0.05) is 23.7 Å². The van der Waals surface area contributed by atoms with Crippen molar-refractivity contribution in [1.29, 1.82) is 0 Å². The van der Waals surface area contributed by atoms with Crippen LogP contribution in [-0.2, 0) is 17.9 Å². The van der Waals surface area contributed by atoms with Crippen LogP contribution in [0.5, 0.6) is 0 Å². The van der Waals surface area contributed by atoms with Gasteiger partial charge in [-0.05, 0) is 31.8 Å². The van der Waals surface area contributed by atoms with Crippen LogP contribution in [0, 0.1) is 0 Å². The first kappa shape index (κ1) is 16.5. The molecule has 0 atom stereocenters. The largest absolute Gasteiger partial charge is 0.335 e. The van der Waals surface area contributed by atoms with E-state index in [0.29, 0.717) is 18.1 Å². The Morgan fingerprint density at radius 1 is 1.23 bits per heavy atom. The SMILES string of the molecule is CN(C)CCN(Cc1ccc(Cl)cc1)C(=O)Cn1cncn1. The number of amides is 1. The Bertz CT molecular complexity index is 582. The molecule has 22 heavy (non-hydrogen) atoms. The quantitative estimate of drug-likeness (QED) is 0.776. The number of hydrogen-bond acceptors (Lipinski definition) is 4. The Hall–Kier alpha value is -1.92. The van der Waals surface area contributed by atoms with E-state index >= 15 is 0 Å². The summed E-state index contributed by atoms with van der Waals surface area (Å²) in [5, 5.41) is 4.67. The molecule has 6 nitrogen and oxygen atoms in total. The predicted octanol–water partition coefficient (Wildman–Crippen LogP) is 1.52. The van der Waals surface area contributed by atoms with Crippen molar-refractivity contribution in [2.75, 3.05) is 27.2 Å². The highest BCUT2D eigenvalue weighted by Crippen LogP contribution is 2.12. The highest BCUT2D eigenvalue weighted by molar-refractivity contribution is 6.30. The number of benzene rings is 1. The van der Waals surface area contributed by atoms with Gasteiger partial charge in [0.1, 0.15) is 19.2 Å². The smallest absolute Gasteiger partial charge is 0.244 e. The zero-order valence-electron chi connectivity index (χ0n) is 12.8. The molecule has 0 saturated carbocycles. The number of likely N-dealkylation sites (N-methyl/N-ethyl adjacent to an activating group) is 1. The topological polar surface area (TPSA) is 54.3 Å². The van der Waals surface area contributed by atoms with E-state index in [1.807, 2.05) is 43.3 Å². The Labute approximate surface area is 135 Å². The molecule has 0 radical (unpaired) electrons. The summed E-state index contributed by atoms with van der Waals surface area (Å²) >= 11 is 5.90. The van der Waals surface area contributed by atoms with Crippen molar-refractivity contribution < 1.29 is 4.79 Å². The maximum atomic E-state index is 12.5. The van der Waals surface area contributed by atoms with E-state index in [1.54, 1.807) is 6.33 Å². The molecule has 2 aromatic rings. The van der Waals surface area contributed by atoms with Gasteiger partial charge in [-0.2, -0.15) is 5.10 Å². The fourth-order valence-electron chi connectivity index (χ4n) is 1.98. The van der Waals surface area contributed by atoms with Gasteiger partial charge in [-0.3, -0.25) is 4.79 Å². The van der Waals surface area contributed by atoms with Crippen LogP contribution >= 0.6 is 11.6 Å². The molecule has 1 aromatic heterocycles. The average Bonchev–Trinajstić information content (AvgIpc) is 2.98. The number of carbonyl (C=O) groups excluding carboxylic acids is 1. The Morgan fingerprint density at radius 2 is 1.95 bits per heavy atom. The normalized spacial score (nSPS) is 10.9. The minimum Gasteiger partial charge on any atom is -0.335 e. The van der Waals surface area contributed by atoms with Crippen molar-refractivity contribution in [2.45, 2.75) is 13.1 Å². The van der Waals surface area contributed by atoms with Gasteiger partial charge in [0.15, 0.2) is 0 Å². The molecule has 2 rings (SSSR count). The Morgan fingerprint density at radius 3 is 2.55 bits per heavy atom. The molecule has 0 aliphatic carbocycles. The molecule has 1 amide bonds. The van der Waals surface area contributed by atoms with E-state index in [1.165, 1.54) is 11.0 Å². The monoisotopic (exact) mass is 321 g/mol. The summed E-state index contributed by atoms with van der Waals surface area (Å²) < 4.78 is 1.53. The van der Waals surface area contributed by atoms with Crippen LogP contribution in [0.4, 0.5) is 0 Å². The first-order valence-electron chi connectivity index (χ1n) is 7.04. The molecule has 0 spiro atoms. The summed E-state index contributed by atoms with van der Waals surface area (Å²) in [5.41, 5.74) is 1.05. The lowest BCUT2D eigenvalue weighted by atomic mass is 10.2. The first-order chi connectivity index (χ1) is 10.5. The maximum absolute atomic E-state index is 12.5. The number of halogens is 1. The lowest BCUT2D eigenvalue weighted by Crippen LogP contribution is -2.38. The Kier molecular flexibility index (Phi) is 5.91. The summed E-state index contributed by atoms with van der Waals surface area (Å²) in [4.78, 5) is 20.2. The highest BCUT2D eigenvalue weighted by atomic mass is 35.5. The summed E-state index contributed by atoms with van der Waals surface area (Å²) in [6, 6.07) is 7.55. The predicted molar refractivity (Wildman–Crippen MR) is 85.4 cm³/mol. The number of aromatic nitrogens is 3. The number of nitrogens with zero attached hydrogens (tertiary/aromatic N) is 5. The second-order valence-corrected chi connectivity index (χ2v) is 5.77. The van der Waals surface area contributed by atoms with Gasteiger partial charge in [-0.15, -0.1) is 0 Å². The lowest BCUT2D eigenvalue weighted by Gasteiger charge is -2.24. The van der Waals surface area contributed by atoms with E-state index in [4.69, 9.17) is 11.6 Å². The van der Waals surface area contributed by atoms with E-state index in [-0.39, 0.29) is 12.5 Å². The summed E-state index contributed by atoms with van der Waals surface area (Å²) in [5.74, 6) is 0.0160. The molecule has 0 aliphatic rings. The van der Waals surface area contributed by atoms with E-state index in [9.17, 15) is 4.79 Å². The third-order valence-electron chi connectivity index (χ3n) is 3.22. The van der Waals surface area contributed by atoms with E-state index in [2.05, 4.69) is 15.0 Å². The van der Waals surface area contributed by atoms with Crippen molar-refractivity contribution in [3.63, 3.8) is 0 Å². The van der Waals surface area contributed by atoms with Crippen molar-refractivity contribution in [2.24, 2.45) is 0 Å². The van der Waals surface area contributed by atoms with Gasteiger partial charge < -0.3 is 9.80 Å². The minimum atomic E-state index is 0.0160. The number of rotatable bonds is 7. The first-order valence-corrected chi connectivity index (χ1v) is 7.42. The molecule has 7 heteroatoms. The van der Waals surface area contributed by atoms with Gasteiger partial charge in [0, 0.05) is 24.7 Å². The molecule has 1 heterocycles. The van der Waals surface area contributed by atoms with Gasteiger partial charge in [-0.25, -0.2) is 9.67 Å². The van der Waals surface area contributed by atoms with Gasteiger partial charge in [0.25, 0.3) is 0 Å². The number of carbonyl (C=O) groups is 1. The Balaban J connectivity index is 2.04. The van der Waals surface area contributed by atoms with Crippen molar-refractivity contribution in [3.05, 3.63) is 47.5 Å². The highest BCUT2D eigenvalue weighted by Gasteiger charge is 2.15. The van der Waals surface area contributed by atoms with Crippen LogP contribution in [0.25, 0.3) is 0 Å². The zero-order valence-corrected chi connectivity index (χ0v) is 13.6. The second-order valence-electron chi connectivity index (χ2n) is 5.34.